The van der Waals surface area contributed by atoms with Gasteiger partial charge in [0, 0.05) is 19.4 Å². The number of benzene rings is 1. The highest BCUT2D eigenvalue weighted by Crippen LogP contribution is 2.33. The fourth-order valence-corrected chi connectivity index (χ4v) is 2.13. The lowest BCUT2D eigenvalue weighted by Gasteiger charge is -2.32. The predicted octanol–water partition coefficient (Wildman–Crippen LogP) is 2.11. The summed E-state index contributed by atoms with van der Waals surface area (Å²) in [6, 6.07) is 5.79. The Morgan fingerprint density at radius 2 is 2.22 bits per heavy atom. The number of hydrogen-bond donors (Lipinski definition) is 1. The Kier molecular flexibility index (Phi) is 2.45. The molecule has 0 bridgehead atoms. The minimum Gasteiger partial charge on any atom is -0.463 e. The number of hydrogen-bond acceptors (Lipinski definition) is 4. The van der Waals surface area contributed by atoms with Crippen LogP contribution in [0.4, 0.5) is 4.79 Å². The van der Waals surface area contributed by atoms with Crippen LogP contribution in [0, 0.1) is 0 Å². The topological polar surface area (TPSA) is 56.8 Å². The maximum absolute atomic E-state index is 11.0. The Morgan fingerprint density at radius 3 is 2.94 bits per heavy atom. The maximum Gasteiger partial charge on any atom is 0.407 e. The second-order valence-electron chi connectivity index (χ2n) is 4.93. The predicted molar refractivity (Wildman–Crippen MR) is 63.2 cm³/mol. The fourth-order valence-electron chi connectivity index (χ4n) is 2.13. The van der Waals surface area contributed by atoms with E-state index < -0.39 is 5.79 Å². The Morgan fingerprint density at radius 1 is 1.39 bits per heavy atom. The molecule has 0 aliphatic carbocycles. The van der Waals surface area contributed by atoms with Crippen molar-refractivity contribution in [1.82, 2.24) is 5.32 Å². The molecule has 0 radical (unpaired) electrons. The van der Waals surface area contributed by atoms with Crippen LogP contribution in [0.2, 0.25) is 0 Å². The van der Waals surface area contributed by atoms with Gasteiger partial charge in [0.15, 0.2) is 0 Å². The van der Waals surface area contributed by atoms with Crippen molar-refractivity contribution in [3.63, 3.8) is 0 Å². The molecule has 2 aliphatic rings. The van der Waals surface area contributed by atoms with E-state index in [1.54, 1.807) is 0 Å². The number of cyclic esters (lactones) is 1. The van der Waals surface area contributed by atoms with E-state index in [4.69, 9.17) is 14.2 Å². The summed E-state index contributed by atoms with van der Waals surface area (Å²) in [6.45, 7) is 4.77. The van der Waals surface area contributed by atoms with E-state index >= 15 is 0 Å². The zero-order valence-corrected chi connectivity index (χ0v) is 10.4. The summed E-state index contributed by atoms with van der Waals surface area (Å²) in [6.07, 6.45) is -0.593. The van der Waals surface area contributed by atoms with Crippen molar-refractivity contribution in [2.24, 2.45) is 0 Å². The van der Waals surface area contributed by atoms with Crippen molar-refractivity contribution in [1.29, 1.82) is 0 Å². The molecular weight excluding hydrogens is 234 g/mol. The van der Waals surface area contributed by atoms with Gasteiger partial charge in [0.2, 0.25) is 5.79 Å². The van der Waals surface area contributed by atoms with Crippen molar-refractivity contribution in [2.75, 3.05) is 6.54 Å². The van der Waals surface area contributed by atoms with Crippen molar-refractivity contribution < 1.29 is 19.0 Å². The van der Waals surface area contributed by atoms with Crippen LogP contribution in [0.3, 0.4) is 0 Å². The van der Waals surface area contributed by atoms with Gasteiger partial charge in [-0.1, -0.05) is 6.07 Å². The molecule has 1 fully saturated rings. The van der Waals surface area contributed by atoms with E-state index in [2.05, 4.69) is 5.32 Å². The average molecular weight is 249 g/mol. The molecular formula is C13H15NO4. The van der Waals surface area contributed by atoms with Gasteiger partial charge in [0.25, 0.3) is 0 Å². The lowest BCUT2D eigenvalue weighted by Crippen LogP contribution is -2.35. The van der Waals surface area contributed by atoms with E-state index in [1.165, 1.54) is 0 Å². The van der Waals surface area contributed by atoms with Crippen LogP contribution in [-0.4, -0.2) is 18.4 Å². The standard InChI is InChI=1S/C13H15NO4/c1-13(2)16-7-9-5-8(3-4-10(9)18-13)11-6-14-12(15)17-11/h3-5,11H,6-7H2,1-2H3,(H,14,15). The van der Waals surface area contributed by atoms with E-state index in [1.807, 2.05) is 32.0 Å². The van der Waals surface area contributed by atoms with Gasteiger partial charge in [0.1, 0.15) is 11.9 Å². The van der Waals surface area contributed by atoms with Crippen LogP contribution in [0.1, 0.15) is 31.1 Å². The van der Waals surface area contributed by atoms with Crippen molar-refractivity contribution >= 4 is 6.09 Å². The molecule has 5 nitrogen and oxygen atoms in total. The highest BCUT2D eigenvalue weighted by atomic mass is 16.7. The molecule has 0 aromatic heterocycles. The molecule has 3 rings (SSSR count). The second kappa shape index (κ2) is 3.88. The smallest absolute Gasteiger partial charge is 0.407 e. The molecule has 1 N–H and O–H groups in total. The van der Waals surface area contributed by atoms with Gasteiger partial charge in [-0.05, 0) is 17.7 Å². The van der Waals surface area contributed by atoms with Crippen LogP contribution < -0.4 is 10.1 Å². The second-order valence-corrected chi connectivity index (χ2v) is 4.93. The third-order valence-electron chi connectivity index (χ3n) is 3.07. The van der Waals surface area contributed by atoms with Gasteiger partial charge >= 0.3 is 6.09 Å². The number of ether oxygens (including phenoxy) is 3. The molecule has 0 saturated carbocycles. The molecule has 1 unspecified atom stereocenters. The summed E-state index contributed by atoms with van der Waals surface area (Å²) in [5, 5.41) is 2.64. The number of fused-ring (bicyclic) bond motifs is 1. The lowest BCUT2D eigenvalue weighted by molar-refractivity contribution is -0.180. The number of rotatable bonds is 1. The minimum atomic E-state index is -0.587. The SMILES string of the molecule is CC1(C)OCc2cc(C3CNC(=O)O3)ccc2O1. The molecule has 18 heavy (non-hydrogen) atoms. The first-order chi connectivity index (χ1) is 8.53. The first-order valence-corrected chi connectivity index (χ1v) is 5.94. The highest BCUT2D eigenvalue weighted by molar-refractivity contribution is 5.69. The van der Waals surface area contributed by atoms with E-state index in [0.29, 0.717) is 13.2 Å². The quantitative estimate of drug-likeness (QED) is 0.828. The Bertz CT molecular complexity index is 498. The van der Waals surface area contributed by atoms with E-state index in [9.17, 15) is 4.79 Å². The van der Waals surface area contributed by atoms with E-state index in [-0.39, 0.29) is 12.2 Å². The first kappa shape index (κ1) is 11.3. The van der Waals surface area contributed by atoms with E-state index in [0.717, 1.165) is 16.9 Å². The Hall–Kier alpha value is -1.75. The van der Waals surface area contributed by atoms with Crippen LogP contribution >= 0.6 is 0 Å². The van der Waals surface area contributed by atoms with Gasteiger partial charge in [0.05, 0.1) is 13.2 Å². The monoisotopic (exact) mass is 249 g/mol. The van der Waals surface area contributed by atoms with Gasteiger partial charge in [-0.2, -0.15) is 0 Å². The van der Waals surface area contributed by atoms with Crippen molar-refractivity contribution in [3.05, 3.63) is 29.3 Å². The molecule has 1 saturated heterocycles. The normalized spacial score (nSPS) is 24.8. The largest absolute Gasteiger partial charge is 0.463 e. The molecule has 5 heteroatoms. The molecule has 2 aliphatic heterocycles. The number of carbonyl (C=O) groups is 1. The Balaban J connectivity index is 1.86. The maximum atomic E-state index is 11.0. The summed E-state index contributed by atoms with van der Waals surface area (Å²) in [5.41, 5.74) is 1.94. The summed E-state index contributed by atoms with van der Waals surface area (Å²) in [4.78, 5) is 11.0. The van der Waals surface area contributed by atoms with Gasteiger partial charge in [-0.3, -0.25) is 0 Å². The summed E-state index contributed by atoms with van der Waals surface area (Å²) in [7, 11) is 0. The first-order valence-electron chi connectivity index (χ1n) is 5.94. The third-order valence-corrected chi connectivity index (χ3v) is 3.07. The van der Waals surface area contributed by atoms with Crippen LogP contribution in [-0.2, 0) is 16.1 Å². The number of alkyl carbamates (subject to hydrolysis) is 1. The number of amides is 1. The average Bonchev–Trinajstić information content (AvgIpc) is 2.74. The molecule has 96 valence electrons. The highest BCUT2D eigenvalue weighted by Gasteiger charge is 2.29. The molecule has 2 heterocycles. The number of nitrogens with one attached hydrogen (secondary N) is 1. The zero-order valence-electron chi connectivity index (χ0n) is 10.4. The number of carbonyl (C=O) groups excluding carboxylic acids is 1. The van der Waals surface area contributed by atoms with Gasteiger partial charge in [-0.15, -0.1) is 0 Å². The Labute approximate surface area is 105 Å². The fraction of sp³-hybridized carbons (Fsp3) is 0.462. The van der Waals surface area contributed by atoms with Crippen LogP contribution in [0.25, 0.3) is 0 Å². The molecule has 1 amide bonds. The van der Waals surface area contributed by atoms with Gasteiger partial charge in [-0.25, -0.2) is 4.79 Å². The summed E-state index contributed by atoms with van der Waals surface area (Å²) >= 11 is 0. The van der Waals surface area contributed by atoms with Crippen LogP contribution in [0.15, 0.2) is 18.2 Å². The van der Waals surface area contributed by atoms with Crippen molar-refractivity contribution in [3.8, 4) is 5.75 Å². The van der Waals surface area contributed by atoms with Gasteiger partial charge < -0.3 is 19.5 Å². The van der Waals surface area contributed by atoms with Crippen molar-refractivity contribution in [2.45, 2.75) is 32.3 Å². The molecule has 0 spiro atoms. The summed E-state index contributed by atoms with van der Waals surface area (Å²) in [5.74, 6) is 0.239. The molecule has 1 aromatic carbocycles. The molecule has 1 aromatic rings. The third kappa shape index (κ3) is 2.01. The molecule has 1 atom stereocenters. The summed E-state index contributed by atoms with van der Waals surface area (Å²) < 4.78 is 16.4. The minimum absolute atomic E-state index is 0.224. The van der Waals surface area contributed by atoms with Crippen LogP contribution in [0.5, 0.6) is 5.75 Å². The lowest BCUT2D eigenvalue weighted by atomic mass is 10.0. The zero-order chi connectivity index (χ0) is 12.8.